The number of aromatic amines is 1. The van der Waals surface area contributed by atoms with E-state index in [2.05, 4.69) is 80.7 Å². The highest BCUT2D eigenvalue weighted by Gasteiger charge is 2.21. The predicted molar refractivity (Wildman–Crippen MR) is 122 cm³/mol. The Morgan fingerprint density at radius 1 is 1.04 bits per heavy atom. The van der Waals surface area contributed by atoms with Crippen LogP contribution in [0.2, 0.25) is 0 Å². The van der Waals surface area contributed by atoms with Crippen LogP contribution in [-0.2, 0) is 0 Å². The lowest BCUT2D eigenvalue weighted by molar-refractivity contribution is 0.172. The van der Waals surface area contributed by atoms with Gasteiger partial charge in [0.2, 0.25) is 0 Å². The molecule has 27 heavy (non-hydrogen) atoms. The monoisotopic (exact) mass is 522 g/mol. The van der Waals surface area contributed by atoms with Crippen molar-refractivity contribution in [2.45, 2.75) is 52.2 Å². The summed E-state index contributed by atoms with van der Waals surface area (Å²) < 4.78 is 8.07. The number of H-pyrrole nitrogens is 1. The van der Waals surface area contributed by atoms with Crippen LogP contribution in [-0.4, -0.2) is 34.6 Å². The Morgan fingerprint density at radius 3 is 2.33 bits per heavy atom. The molecule has 7 heteroatoms. The highest BCUT2D eigenvalue weighted by molar-refractivity contribution is 9.11. The maximum absolute atomic E-state index is 6.07. The Balaban J connectivity index is 0.00000182. The maximum atomic E-state index is 6.07. The molecular formula is C20H29Br2ClN2O2. The van der Waals surface area contributed by atoms with E-state index in [4.69, 9.17) is 4.74 Å². The molecule has 0 saturated carbocycles. The Kier molecular flexibility index (Phi) is 9.86. The number of piperidine rings is 1. The van der Waals surface area contributed by atoms with Crippen LogP contribution in [0.3, 0.4) is 0 Å². The first-order valence-electron chi connectivity index (χ1n) is 9.04. The molecule has 1 fully saturated rings. The molecule has 1 aliphatic heterocycles. The lowest BCUT2D eigenvalue weighted by Crippen LogP contribution is -2.32. The minimum absolute atomic E-state index is 0. The molecule has 0 bridgehead atoms. The first-order valence-corrected chi connectivity index (χ1v) is 10.6. The fourth-order valence-corrected chi connectivity index (χ4v) is 4.75. The quantitative estimate of drug-likeness (QED) is 0.511. The number of likely N-dealkylation sites (tertiary alicyclic amines) is 1. The van der Waals surface area contributed by atoms with Gasteiger partial charge >= 0.3 is 0 Å². The van der Waals surface area contributed by atoms with Gasteiger partial charge in [0.15, 0.2) is 0 Å². The van der Waals surface area contributed by atoms with Gasteiger partial charge in [-0.05, 0) is 86.9 Å². The van der Waals surface area contributed by atoms with Crippen molar-refractivity contribution in [3.63, 3.8) is 0 Å². The number of nitrogens with zero attached hydrogens (tertiary/aromatic N) is 1. The Bertz CT molecular complexity index is 731. The second-order valence-electron chi connectivity index (χ2n) is 7.03. The second kappa shape index (κ2) is 10.9. The van der Waals surface area contributed by atoms with Crippen molar-refractivity contribution in [2.24, 2.45) is 0 Å². The van der Waals surface area contributed by atoms with E-state index in [1.54, 1.807) is 0 Å². The van der Waals surface area contributed by atoms with Crippen molar-refractivity contribution in [3.8, 4) is 17.0 Å². The van der Waals surface area contributed by atoms with E-state index in [1.165, 1.54) is 38.0 Å². The summed E-state index contributed by atoms with van der Waals surface area (Å²) in [6.07, 6.45) is 4.10. The van der Waals surface area contributed by atoms with Crippen molar-refractivity contribution >= 4 is 44.3 Å². The maximum Gasteiger partial charge on any atom is 0.143 e. The van der Waals surface area contributed by atoms with Crippen LogP contribution >= 0.6 is 44.3 Å². The fraction of sp³-hybridized carbons (Fsp3) is 0.500. The molecule has 1 aromatic carbocycles. The van der Waals surface area contributed by atoms with Crippen LogP contribution in [0.4, 0.5) is 0 Å². The number of hydrogen-bond acceptors (Lipinski definition) is 2. The molecule has 4 nitrogen and oxygen atoms in total. The van der Waals surface area contributed by atoms with Crippen LogP contribution in [0, 0.1) is 0 Å². The van der Waals surface area contributed by atoms with E-state index in [0.717, 1.165) is 26.0 Å². The van der Waals surface area contributed by atoms with Gasteiger partial charge in [-0.25, -0.2) is 0 Å². The van der Waals surface area contributed by atoms with Crippen molar-refractivity contribution < 1.29 is 10.2 Å². The van der Waals surface area contributed by atoms with Crippen molar-refractivity contribution in [3.05, 3.63) is 38.9 Å². The molecule has 1 unspecified atom stereocenters. The lowest BCUT2D eigenvalue weighted by atomic mass is 10.1. The van der Waals surface area contributed by atoms with Crippen LogP contribution in [0.25, 0.3) is 11.3 Å². The van der Waals surface area contributed by atoms with E-state index >= 15 is 0 Å². The molecule has 2 heterocycles. The van der Waals surface area contributed by atoms with Gasteiger partial charge in [-0.15, -0.1) is 12.4 Å². The molecule has 3 rings (SSSR count). The standard InChI is InChI=1S/C20H26Br2N2O.ClH.H2O/c1-13(2)25-20-16(11-15(21)12-17(20)22)19-8-7-18(23-19)14(3)24-9-5-4-6-10-24;;/h7-8,11-14,23H,4-6,9-10H2,1-3H3;1H;1H2. The number of halogens is 3. The second-order valence-corrected chi connectivity index (χ2v) is 8.80. The average Bonchev–Trinajstić information content (AvgIpc) is 3.07. The number of hydrogen-bond donors (Lipinski definition) is 1. The van der Waals surface area contributed by atoms with Crippen molar-refractivity contribution in [1.82, 2.24) is 9.88 Å². The summed E-state index contributed by atoms with van der Waals surface area (Å²) in [6.45, 7) is 8.79. The molecule has 1 aromatic heterocycles. The first-order chi connectivity index (χ1) is 12.0. The molecule has 1 aliphatic rings. The third kappa shape index (κ3) is 5.97. The summed E-state index contributed by atoms with van der Waals surface area (Å²) in [5, 5.41) is 0. The van der Waals surface area contributed by atoms with Gasteiger partial charge < -0.3 is 15.2 Å². The van der Waals surface area contributed by atoms with Gasteiger partial charge in [-0.2, -0.15) is 0 Å². The van der Waals surface area contributed by atoms with Crippen molar-refractivity contribution in [1.29, 1.82) is 0 Å². The van der Waals surface area contributed by atoms with Gasteiger partial charge in [-0.1, -0.05) is 22.4 Å². The van der Waals surface area contributed by atoms with Crippen LogP contribution in [0.15, 0.2) is 33.2 Å². The lowest BCUT2D eigenvalue weighted by Gasteiger charge is -2.31. The third-order valence-corrected chi connectivity index (χ3v) is 5.80. The number of nitrogens with one attached hydrogen (secondary N) is 1. The zero-order valence-corrected chi connectivity index (χ0v) is 20.0. The number of ether oxygens (including phenoxy) is 1. The van der Waals surface area contributed by atoms with Gasteiger partial charge in [0.25, 0.3) is 0 Å². The van der Waals surface area contributed by atoms with Crippen LogP contribution in [0.1, 0.15) is 51.8 Å². The average molecular weight is 525 g/mol. The smallest absolute Gasteiger partial charge is 0.143 e. The summed E-state index contributed by atoms with van der Waals surface area (Å²) in [5.41, 5.74) is 3.44. The fourth-order valence-electron chi connectivity index (χ4n) is 3.43. The summed E-state index contributed by atoms with van der Waals surface area (Å²) >= 11 is 7.25. The summed E-state index contributed by atoms with van der Waals surface area (Å²) in [6, 6.07) is 8.93. The third-order valence-electron chi connectivity index (χ3n) is 4.75. The molecule has 1 saturated heterocycles. The minimum Gasteiger partial charge on any atom is -0.489 e. The molecule has 2 aromatic rings. The Hall–Kier alpha value is -0.530. The molecule has 0 radical (unpaired) electrons. The molecule has 152 valence electrons. The Morgan fingerprint density at radius 2 is 1.70 bits per heavy atom. The zero-order valence-electron chi connectivity index (χ0n) is 16.0. The van der Waals surface area contributed by atoms with Crippen molar-refractivity contribution in [2.75, 3.05) is 13.1 Å². The van der Waals surface area contributed by atoms with Crippen LogP contribution < -0.4 is 4.74 Å². The minimum atomic E-state index is 0. The highest BCUT2D eigenvalue weighted by atomic mass is 79.9. The largest absolute Gasteiger partial charge is 0.489 e. The highest BCUT2D eigenvalue weighted by Crippen LogP contribution is 2.40. The molecule has 0 spiro atoms. The topological polar surface area (TPSA) is 59.8 Å². The SMILES string of the molecule is CC(C)Oc1c(Br)cc(Br)cc1-c1ccc(C(C)N2CCCCC2)[nH]1.Cl.O. The molecular weight excluding hydrogens is 495 g/mol. The van der Waals surface area contributed by atoms with Gasteiger partial charge in [0, 0.05) is 27.5 Å². The van der Waals surface area contributed by atoms with E-state index in [0.29, 0.717) is 6.04 Å². The van der Waals surface area contributed by atoms with Gasteiger partial charge in [0.05, 0.1) is 10.6 Å². The Labute approximate surface area is 185 Å². The summed E-state index contributed by atoms with van der Waals surface area (Å²) in [4.78, 5) is 6.20. The zero-order chi connectivity index (χ0) is 18.0. The molecule has 0 amide bonds. The molecule has 0 aliphatic carbocycles. The van der Waals surface area contributed by atoms with Gasteiger partial charge in [0.1, 0.15) is 5.75 Å². The van der Waals surface area contributed by atoms with E-state index in [1.807, 2.05) is 6.07 Å². The summed E-state index contributed by atoms with van der Waals surface area (Å²) in [7, 11) is 0. The number of aromatic nitrogens is 1. The van der Waals surface area contributed by atoms with Gasteiger partial charge in [-0.3, -0.25) is 4.90 Å². The predicted octanol–water partition coefficient (Wildman–Crippen LogP) is 6.14. The summed E-state index contributed by atoms with van der Waals surface area (Å²) in [5.74, 6) is 0.886. The molecule has 3 N–H and O–H groups in total. The number of rotatable bonds is 5. The normalized spacial score (nSPS) is 15.8. The van der Waals surface area contributed by atoms with E-state index < -0.39 is 0 Å². The van der Waals surface area contributed by atoms with Crippen LogP contribution in [0.5, 0.6) is 5.75 Å². The van der Waals surface area contributed by atoms with E-state index in [9.17, 15) is 0 Å². The first kappa shape index (κ1) is 24.5. The molecule has 1 atom stereocenters. The number of benzene rings is 1. The van der Waals surface area contributed by atoms with E-state index in [-0.39, 0.29) is 24.0 Å².